The summed E-state index contributed by atoms with van der Waals surface area (Å²) in [6.45, 7) is 4.90. The van der Waals surface area contributed by atoms with Crippen molar-refractivity contribution in [3.63, 3.8) is 0 Å². The SMILES string of the molecule is CC(C)NC(CSCC1CCCO1)(C(=O)O)C1CC1. The first-order valence-electron chi connectivity index (χ1n) is 7.25. The Hall–Kier alpha value is -0.260. The second kappa shape index (κ2) is 6.46. The van der Waals surface area contributed by atoms with Gasteiger partial charge in [-0.25, -0.2) is 0 Å². The highest BCUT2D eigenvalue weighted by molar-refractivity contribution is 7.99. The molecule has 2 rings (SSSR count). The van der Waals surface area contributed by atoms with Gasteiger partial charge in [-0.05, 0) is 45.4 Å². The predicted octanol–water partition coefficient (Wildman–Crippen LogP) is 2.13. The van der Waals surface area contributed by atoms with Crippen LogP contribution in [-0.2, 0) is 9.53 Å². The lowest BCUT2D eigenvalue weighted by Gasteiger charge is -2.33. The van der Waals surface area contributed by atoms with E-state index in [1.54, 1.807) is 11.8 Å². The molecule has 1 saturated heterocycles. The van der Waals surface area contributed by atoms with Gasteiger partial charge in [0.25, 0.3) is 0 Å². The highest BCUT2D eigenvalue weighted by Gasteiger charge is 2.51. The van der Waals surface area contributed by atoms with Gasteiger partial charge >= 0.3 is 5.97 Å². The summed E-state index contributed by atoms with van der Waals surface area (Å²) in [5.74, 6) is 1.17. The molecular formula is C14H25NO3S. The number of carboxylic acid groups (broad SMARTS) is 1. The number of hydrogen-bond donors (Lipinski definition) is 2. The van der Waals surface area contributed by atoms with Crippen LogP contribution < -0.4 is 5.32 Å². The molecule has 5 heteroatoms. The molecule has 0 bridgehead atoms. The highest BCUT2D eigenvalue weighted by Crippen LogP contribution is 2.42. The van der Waals surface area contributed by atoms with Gasteiger partial charge in [-0.2, -0.15) is 11.8 Å². The van der Waals surface area contributed by atoms with Gasteiger partial charge in [0.2, 0.25) is 0 Å². The number of rotatable bonds is 8. The average molecular weight is 287 g/mol. The second-order valence-electron chi connectivity index (χ2n) is 6.00. The molecule has 19 heavy (non-hydrogen) atoms. The van der Waals surface area contributed by atoms with Crippen LogP contribution in [0.5, 0.6) is 0 Å². The van der Waals surface area contributed by atoms with Crippen LogP contribution in [0.25, 0.3) is 0 Å². The number of thioether (sulfide) groups is 1. The molecule has 2 N–H and O–H groups in total. The smallest absolute Gasteiger partial charge is 0.325 e. The third kappa shape index (κ3) is 3.86. The fourth-order valence-electron chi connectivity index (χ4n) is 2.79. The second-order valence-corrected chi connectivity index (χ2v) is 7.03. The summed E-state index contributed by atoms with van der Waals surface area (Å²) in [5, 5.41) is 13.0. The summed E-state index contributed by atoms with van der Waals surface area (Å²) in [5.41, 5.74) is -0.739. The van der Waals surface area contributed by atoms with Crippen LogP contribution in [0.15, 0.2) is 0 Å². The van der Waals surface area contributed by atoms with Crippen molar-refractivity contribution < 1.29 is 14.6 Å². The topological polar surface area (TPSA) is 58.6 Å². The van der Waals surface area contributed by atoms with Gasteiger partial charge in [-0.3, -0.25) is 10.1 Å². The minimum Gasteiger partial charge on any atom is -0.480 e. The normalized spacial score (nSPS) is 26.6. The zero-order chi connectivity index (χ0) is 13.9. The molecule has 0 spiro atoms. The van der Waals surface area contributed by atoms with Crippen LogP contribution in [-0.4, -0.2) is 46.9 Å². The number of carboxylic acids is 1. The first kappa shape index (κ1) is 15.1. The number of aliphatic carboxylic acids is 1. The molecule has 0 radical (unpaired) electrons. The Labute approximate surface area is 119 Å². The molecule has 0 aromatic heterocycles. The van der Waals surface area contributed by atoms with E-state index < -0.39 is 11.5 Å². The fourth-order valence-corrected chi connectivity index (χ4v) is 4.20. The lowest BCUT2D eigenvalue weighted by molar-refractivity contribution is -0.145. The maximum atomic E-state index is 11.8. The van der Waals surface area contributed by atoms with Gasteiger partial charge in [0, 0.05) is 24.2 Å². The Morgan fingerprint density at radius 3 is 2.68 bits per heavy atom. The molecule has 0 aromatic carbocycles. The Kier molecular flexibility index (Phi) is 5.15. The molecule has 0 aromatic rings. The molecule has 1 aliphatic carbocycles. The number of carbonyl (C=O) groups is 1. The van der Waals surface area contributed by atoms with Crippen LogP contribution in [0, 0.1) is 5.92 Å². The molecule has 2 unspecified atom stereocenters. The maximum Gasteiger partial charge on any atom is 0.325 e. The minimum absolute atomic E-state index is 0.194. The first-order valence-corrected chi connectivity index (χ1v) is 8.40. The molecular weight excluding hydrogens is 262 g/mol. The maximum absolute atomic E-state index is 11.8. The molecule has 110 valence electrons. The molecule has 2 atom stereocenters. The number of nitrogens with one attached hydrogen (secondary N) is 1. The van der Waals surface area contributed by atoms with Crippen LogP contribution in [0.2, 0.25) is 0 Å². The Balaban J connectivity index is 1.90. The van der Waals surface area contributed by atoms with Crippen molar-refractivity contribution in [2.45, 2.75) is 57.2 Å². The molecule has 2 fully saturated rings. The molecule has 1 saturated carbocycles. The van der Waals surface area contributed by atoms with Crippen molar-refractivity contribution in [2.24, 2.45) is 5.92 Å². The Morgan fingerprint density at radius 1 is 1.47 bits per heavy atom. The van der Waals surface area contributed by atoms with E-state index in [1.807, 2.05) is 13.8 Å². The summed E-state index contributed by atoms with van der Waals surface area (Å²) in [4.78, 5) is 11.8. The van der Waals surface area contributed by atoms with Gasteiger partial charge in [0.15, 0.2) is 0 Å². The highest BCUT2D eigenvalue weighted by atomic mass is 32.2. The van der Waals surface area contributed by atoms with E-state index in [0.717, 1.165) is 38.0 Å². The van der Waals surface area contributed by atoms with Gasteiger partial charge in [0.05, 0.1) is 6.10 Å². The summed E-state index contributed by atoms with van der Waals surface area (Å²) in [7, 11) is 0. The van der Waals surface area contributed by atoms with E-state index in [0.29, 0.717) is 17.8 Å². The van der Waals surface area contributed by atoms with Crippen LogP contribution in [0.1, 0.15) is 39.5 Å². The van der Waals surface area contributed by atoms with Crippen molar-refractivity contribution >= 4 is 17.7 Å². The van der Waals surface area contributed by atoms with Crippen molar-refractivity contribution in [1.29, 1.82) is 0 Å². The zero-order valence-electron chi connectivity index (χ0n) is 11.9. The molecule has 1 heterocycles. The fraction of sp³-hybridized carbons (Fsp3) is 0.929. The number of ether oxygens (including phenoxy) is 1. The summed E-state index contributed by atoms with van der Waals surface area (Å²) in [6, 6.07) is 0.194. The third-order valence-corrected chi connectivity index (χ3v) is 5.13. The standard InChI is InChI=1S/C14H25NO3S/c1-10(2)15-14(13(16)17,11-5-6-11)9-19-8-12-4-3-7-18-12/h10-12,15H,3-9H2,1-2H3,(H,16,17). The van der Waals surface area contributed by atoms with E-state index in [1.165, 1.54) is 0 Å². The Morgan fingerprint density at radius 2 is 2.21 bits per heavy atom. The summed E-state index contributed by atoms with van der Waals surface area (Å²) < 4.78 is 5.60. The van der Waals surface area contributed by atoms with Crippen LogP contribution in [0.3, 0.4) is 0 Å². The van der Waals surface area contributed by atoms with Crippen molar-refractivity contribution in [2.75, 3.05) is 18.1 Å². The summed E-state index contributed by atoms with van der Waals surface area (Å²) in [6.07, 6.45) is 4.66. The van der Waals surface area contributed by atoms with Gasteiger partial charge < -0.3 is 9.84 Å². The summed E-state index contributed by atoms with van der Waals surface area (Å²) >= 11 is 1.73. The molecule has 2 aliphatic rings. The van der Waals surface area contributed by atoms with E-state index in [-0.39, 0.29) is 6.04 Å². The molecule has 4 nitrogen and oxygen atoms in total. The monoisotopic (exact) mass is 287 g/mol. The predicted molar refractivity (Wildman–Crippen MR) is 77.7 cm³/mol. The van der Waals surface area contributed by atoms with Gasteiger partial charge in [0.1, 0.15) is 5.54 Å². The van der Waals surface area contributed by atoms with Crippen molar-refractivity contribution in [3.8, 4) is 0 Å². The molecule has 1 aliphatic heterocycles. The first-order chi connectivity index (χ1) is 9.04. The quantitative estimate of drug-likeness (QED) is 0.716. The van der Waals surface area contributed by atoms with E-state index in [2.05, 4.69) is 5.32 Å². The van der Waals surface area contributed by atoms with Crippen molar-refractivity contribution in [1.82, 2.24) is 5.32 Å². The zero-order valence-corrected chi connectivity index (χ0v) is 12.7. The third-order valence-electron chi connectivity index (χ3n) is 3.86. The Bertz CT molecular complexity index is 314. The van der Waals surface area contributed by atoms with Gasteiger partial charge in [-0.15, -0.1) is 0 Å². The van der Waals surface area contributed by atoms with E-state index >= 15 is 0 Å². The van der Waals surface area contributed by atoms with Gasteiger partial charge in [-0.1, -0.05) is 0 Å². The van der Waals surface area contributed by atoms with E-state index in [9.17, 15) is 9.90 Å². The van der Waals surface area contributed by atoms with Crippen molar-refractivity contribution in [3.05, 3.63) is 0 Å². The average Bonchev–Trinajstić information content (AvgIpc) is 3.06. The van der Waals surface area contributed by atoms with Crippen LogP contribution >= 0.6 is 11.8 Å². The lowest BCUT2D eigenvalue weighted by atomic mass is 9.94. The van der Waals surface area contributed by atoms with Crippen LogP contribution in [0.4, 0.5) is 0 Å². The van der Waals surface area contributed by atoms with E-state index in [4.69, 9.17) is 4.74 Å². The number of hydrogen-bond acceptors (Lipinski definition) is 4. The minimum atomic E-state index is -0.739. The largest absolute Gasteiger partial charge is 0.480 e. The molecule has 0 amide bonds. The lowest BCUT2D eigenvalue weighted by Crippen LogP contribution is -2.58.